The minimum absolute atomic E-state index is 0.0732. The normalized spacial score (nSPS) is 22.9. The zero-order chi connectivity index (χ0) is 22.5. The Morgan fingerprint density at radius 1 is 1.09 bits per heavy atom. The van der Waals surface area contributed by atoms with Crippen molar-refractivity contribution >= 4 is 28.9 Å². The second-order valence-electron chi connectivity index (χ2n) is 9.00. The first kappa shape index (κ1) is 21.4. The molecule has 0 aromatic heterocycles. The van der Waals surface area contributed by atoms with Crippen molar-refractivity contribution in [2.24, 2.45) is 11.8 Å². The van der Waals surface area contributed by atoms with Crippen molar-refractivity contribution in [1.29, 1.82) is 0 Å². The van der Waals surface area contributed by atoms with Crippen molar-refractivity contribution in [3.05, 3.63) is 58.6 Å². The van der Waals surface area contributed by atoms with Gasteiger partial charge in [-0.15, -0.1) is 0 Å². The van der Waals surface area contributed by atoms with Crippen LogP contribution in [0.1, 0.15) is 24.0 Å². The van der Waals surface area contributed by atoms with Gasteiger partial charge in [0.1, 0.15) is 0 Å². The molecule has 1 aliphatic carbocycles. The maximum atomic E-state index is 13.3. The quantitative estimate of drug-likeness (QED) is 0.710. The second-order valence-corrected chi connectivity index (χ2v) is 9.41. The van der Waals surface area contributed by atoms with E-state index < -0.39 is 17.7 Å². The molecule has 4 nitrogen and oxygen atoms in total. The van der Waals surface area contributed by atoms with Gasteiger partial charge in [-0.05, 0) is 61.1 Å². The summed E-state index contributed by atoms with van der Waals surface area (Å²) in [5.74, 6) is 0.0414. The van der Waals surface area contributed by atoms with Gasteiger partial charge in [0.05, 0.1) is 28.2 Å². The van der Waals surface area contributed by atoms with Gasteiger partial charge >= 0.3 is 6.18 Å². The number of hydrogen-bond acceptors (Lipinski definition) is 3. The summed E-state index contributed by atoms with van der Waals surface area (Å²) < 4.78 is 40.0. The van der Waals surface area contributed by atoms with Gasteiger partial charge in [0.2, 0.25) is 5.91 Å². The Balaban J connectivity index is 1.46. The first-order valence-corrected chi connectivity index (χ1v) is 11.4. The number of hydrogen-bond donors (Lipinski definition) is 1. The summed E-state index contributed by atoms with van der Waals surface area (Å²) in [5, 5.41) is 3.71. The second kappa shape index (κ2) is 8.18. The highest BCUT2D eigenvalue weighted by atomic mass is 35.5. The predicted molar refractivity (Wildman–Crippen MR) is 119 cm³/mol. The maximum absolute atomic E-state index is 13.3. The van der Waals surface area contributed by atoms with E-state index in [0.29, 0.717) is 49.1 Å². The van der Waals surface area contributed by atoms with Gasteiger partial charge in [0.25, 0.3) is 0 Å². The molecule has 32 heavy (non-hydrogen) atoms. The Hall–Kier alpha value is -2.41. The fraction of sp³-hybridized carbons (Fsp3) is 0.458. The summed E-state index contributed by atoms with van der Waals surface area (Å²) in [6, 6.07) is 11.4. The number of nitrogens with one attached hydrogen (secondary N) is 1. The third-order valence-electron chi connectivity index (χ3n) is 6.83. The van der Waals surface area contributed by atoms with Gasteiger partial charge in [-0.2, -0.15) is 13.2 Å². The Bertz CT molecular complexity index is 1020. The number of para-hydroxylation sites is 1. The van der Waals surface area contributed by atoms with Gasteiger partial charge < -0.3 is 15.1 Å². The van der Waals surface area contributed by atoms with Gasteiger partial charge in [0, 0.05) is 31.9 Å². The summed E-state index contributed by atoms with van der Waals surface area (Å²) in [6.07, 6.45) is -1.86. The van der Waals surface area contributed by atoms with Crippen LogP contribution in [0.25, 0.3) is 0 Å². The van der Waals surface area contributed by atoms with Crippen LogP contribution in [-0.4, -0.2) is 38.1 Å². The Morgan fingerprint density at radius 2 is 1.88 bits per heavy atom. The third kappa shape index (κ3) is 4.15. The molecule has 1 N–H and O–H groups in total. The molecular weight excluding hydrogens is 439 g/mol. The molecule has 2 aliphatic heterocycles. The molecule has 1 saturated heterocycles. The lowest BCUT2D eigenvalue weighted by Gasteiger charge is -2.50. The Morgan fingerprint density at radius 3 is 2.59 bits per heavy atom. The maximum Gasteiger partial charge on any atom is 0.416 e. The van der Waals surface area contributed by atoms with E-state index in [2.05, 4.69) is 15.1 Å². The number of benzene rings is 2. The number of fused-ring (bicyclic) bond motifs is 3. The highest BCUT2D eigenvalue weighted by Crippen LogP contribution is 2.41. The lowest BCUT2D eigenvalue weighted by molar-refractivity contribution is -0.137. The molecule has 0 spiro atoms. The third-order valence-corrected chi connectivity index (χ3v) is 7.15. The molecule has 0 bridgehead atoms. The number of nitrogens with zero attached hydrogens (tertiary/aromatic N) is 2. The number of anilines is 2. The minimum atomic E-state index is -4.40. The van der Waals surface area contributed by atoms with E-state index in [0.717, 1.165) is 30.3 Å². The van der Waals surface area contributed by atoms with Gasteiger partial charge in [-0.3, -0.25) is 4.79 Å². The van der Waals surface area contributed by atoms with E-state index in [4.69, 9.17) is 11.6 Å². The average Bonchev–Trinajstić information content (AvgIpc) is 3.60. The van der Waals surface area contributed by atoms with Gasteiger partial charge in [0.15, 0.2) is 0 Å². The van der Waals surface area contributed by atoms with Crippen LogP contribution in [0.4, 0.5) is 24.5 Å². The van der Waals surface area contributed by atoms with E-state index in [1.54, 1.807) is 6.07 Å². The smallest absolute Gasteiger partial charge is 0.366 e. The van der Waals surface area contributed by atoms with E-state index in [9.17, 15) is 18.0 Å². The summed E-state index contributed by atoms with van der Waals surface area (Å²) in [4.78, 5) is 17.5. The van der Waals surface area contributed by atoms with Crippen molar-refractivity contribution in [3.63, 3.8) is 0 Å². The average molecular weight is 464 g/mol. The van der Waals surface area contributed by atoms with Crippen molar-refractivity contribution in [1.82, 2.24) is 5.32 Å². The van der Waals surface area contributed by atoms with E-state index in [1.807, 2.05) is 24.3 Å². The molecule has 2 aromatic carbocycles. The van der Waals surface area contributed by atoms with Crippen molar-refractivity contribution in [2.75, 3.05) is 36.0 Å². The molecule has 2 heterocycles. The number of rotatable bonds is 4. The molecule has 1 amide bonds. The van der Waals surface area contributed by atoms with Crippen LogP contribution in [0, 0.1) is 11.8 Å². The molecule has 2 atom stereocenters. The van der Waals surface area contributed by atoms with Crippen molar-refractivity contribution < 1.29 is 18.0 Å². The number of alkyl halides is 3. The van der Waals surface area contributed by atoms with Gasteiger partial charge in [-0.1, -0.05) is 23.7 Å². The van der Waals surface area contributed by atoms with Crippen LogP contribution in [0.3, 0.4) is 0 Å². The summed E-state index contributed by atoms with van der Waals surface area (Å²) >= 11 is 6.42. The molecule has 170 valence electrons. The number of halogens is 4. The summed E-state index contributed by atoms with van der Waals surface area (Å²) in [6.45, 7) is 2.52. The highest BCUT2D eigenvalue weighted by Gasteiger charge is 2.43. The van der Waals surface area contributed by atoms with Crippen LogP contribution in [0.15, 0.2) is 42.5 Å². The van der Waals surface area contributed by atoms with Crippen LogP contribution in [0.2, 0.25) is 5.02 Å². The van der Waals surface area contributed by atoms with E-state index in [-0.39, 0.29) is 11.9 Å². The monoisotopic (exact) mass is 463 g/mol. The highest BCUT2D eigenvalue weighted by molar-refractivity contribution is 6.33. The Kier molecular flexibility index (Phi) is 5.48. The molecule has 3 aliphatic rings. The first-order valence-electron chi connectivity index (χ1n) is 11.0. The zero-order valence-electron chi connectivity index (χ0n) is 17.5. The molecule has 8 heteroatoms. The SMILES string of the molecule is O=C(NCC1CC1)[C@@H]1Cc2cc(C(F)(F)F)ccc2N2CCN(c3ccccc3Cl)C[C@H]12. The fourth-order valence-electron chi connectivity index (χ4n) is 4.92. The molecular formula is C24H25ClF3N3O. The Labute approximate surface area is 190 Å². The molecule has 2 aromatic rings. The molecule has 2 fully saturated rings. The van der Waals surface area contributed by atoms with Gasteiger partial charge in [-0.25, -0.2) is 0 Å². The largest absolute Gasteiger partial charge is 0.416 e. The predicted octanol–water partition coefficient (Wildman–Crippen LogP) is 4.75. The number of carbonyl (C=O) groups is 1. The van der Waals surface area contributed by atoms with Crippen LogP contribution in [0.5, 0.6) is 0 Å². The minimum Gasteiger partial charge on any atom is -0.366 e. The van der Waals surface area contributed by atoms with Crippen molar-refractivity contribution in [2.45, 2.75) is 31.5 Å². The molecule has 1 saturated carbocycles. The molecule has 0 radical (unpaired) electrons. The lowest BCUT2D eigenvalue weighted by atomic mass is 9.82. The van der Waals surface area contributed by atoms with E-state index >= 15 is 0 Å². The van der Waals surface area contributed by atoms with Crippen molar-refractivity contribution in [3.8, 4) is 0 Å². The first-order chi connectivity index (χ1) is 15.3. The summed E-state index contributed by atoms with van der Waals surface area (Å²) in [5.41, 5.74) is 1.65. The molecule has 5 rings (SSSR count). The number of piperazine rings is 1. The molecule has 0 unspecified atom stereocenters. The van der Waals surface area contributed by atoms with Crippen LogP contribution < -0.4 is 15.1 Å². The standard InChI is InChI=1S/C24H25ClF3N3O/c25-19-3-1-2-4-21(19)30-9-10-31-20-8-7-17(24(26,27)28)11-16(20)12-18(22(31)14-30)23(32)29-13-15-5-6-15/h1-4,7-8,11,15,18,22H,5-6,9-10,12-14H2,(H,29,32)/t18-,22-/m1/s1. The number of carbonyl (C=O) groups excluding carboxylic acids is 1. The number of amides is 1. The summed E-state index contributed by atoms with van der Waals surface area (Å²) in [7, 11) is 0. The topological polar surface area (TPSA) is 35.6 Å². The van der Waals surface area contributed by atoms with Crippen LogP contribution in [-0.2, 0) is 17.4 Å². The lowest BCUT2D eigenvalue weighted by Crippen LogP contribution is -2.61. The zero-order valence-corrected chi connectivity index (χ0v) is 18.3. The fourth-order valence-corrected chi connectivity index (χ4v) is 5.18. The van der Waals surface area contributed by atoms with Crippen LogP contribution >= 0.6 is 11.6 Å². The van der Waals surface area contributed by atoms with E-state index in [1.165, 1.54) is 6.07 Å².